The molecule has 5 nitrogen and oxygen atoms in total. The van der Waals surface area contributed by atoms with E-state index in [1.54, 1.807) is 6.07 Å². The summed E-state index contributed by atoms with van der Waals surface area (Å²) in [4.78, 5) is 11.1. The molecule has 0 radical (unpaired) electrons. The zero-order valence-corrected chi connectivity index (χ0v) is 9.90. The normalized spacial score (nSPS) is 19.4. The molecular formula is C12H16N2O3. The van der Waals surface area contributed by atoms with Crippen molar-refractivity contribution in [2.24, 2.45) is 11.5 Å². The molecule has 1 aromatic rings. The van der Waals surface area contributed by atoms with Gasteiger partial charge in [0.1, 0.15) is 23.6 Å². The monoisotopic (exact) mass is 236 g/mol. The highest BCUT2D eigenvalue weighted by atomic mass is 16.5. The molecule has 0 aromatic heterocycles. The van der Waals surface area contributed by atoms with Crippen LogP contribution in [0.15, 0.2) is 12.1 Å². The number of ether oxygens (including phenoxy) is 2. The topological polar surface area (TPSA) is 87.6 Å². The van der Waals surface area contributed by atoms with Crippen LogP contribution < -0.4 is 20.9 Å². The van der Waals surface area contributed by atoms with Gasteiger partial charge in [-0.2, -0.15) is 0 Å². The quantitative estimate of drug-likeness (QED) is 0.800. The van der Waals surface area contributed by atoms with Gasteiger partial charge in [0.25, 0.3) is 0 Å². The first kappa shape index (κ1) is 11.7. The number of primary amides is 1. The Labute approximate surface area is 99.7 Å². The van der Waals surface area contributed by atoms with E-state index in [2.05, 4.69) is 0 Å². The number of fused-ring (bicyclic) bond motifs is 1. The smallest absolute Gasteiger partial charge is 0.239 e. The molecule has 2 unspecified atom stereocenters. The molecule has 1 aromatic carbocycles. The van der Waals surface area contributed by atoms with E-state index in [1.165, 1.54) is 7.11 Å². The largest absolute Gasteiger partial charge is 0.496 e. The lowest BCUT2D eigenvalue weighted by atomic mass is 10.0. The van der Waals surface area contributed by atoms with Crippen molar-refractivity contribution in [2.75, 3.05) is 7.11 Å². The molecule has 2 atom stereocenters. The summed E-state index contributed by atoms with van der Waals surface area (Å²) in [5.41, 5.74) is 12.6. The SMILES string of the molecule is COc1cc2c(cc1C(N)C(N)=O)OC(C)C2. The van der Waals surface area contributed by atoms with Crippen LogP contribution in [-0.2, 0) is 11.2 Å². The number of amides is 1. The Bertz CT molecular complexity index is 459. The van der Waals surface area contributed by atoms with Gasteiger partial charge in [-0.3, -0.25) is 4.79 Å². The molecule has 2 rings (SSSR count). The number of hydrogen-bond donors (Lipinski definition) is 2. The van der Waals surface area contributed by atoms with Crippen LogP contribution in [0.25, 0.3) is 0 Å². The van der Waals surface area contributed by atoms with E-state index in [1.807, 2.05) is 13.0 Å². The van der Waals surface area contributed by atoms with Crippen LogP contribution in [0.5, 0.6) is 11.5 Å². The number of benzene rings is 1. The molecule has 92 valence electrons. The maximum Gasteiger partial charge on any atom is 0.239 e. The number of carbonyl (C=O) groups is 1. The van der Waals surface area contributed by atoms with Gasteiger partial charge in [-0.15, -0.1) is 0 Å². The minimum absolute atomic E-state index is 0.134. The summed E-state index contributed by atoms with van der Waals surface area (Å²) in [6.07, 6.45) is 0.965. The van der Waals surface area contributed by atoms with Crippen molar-refractivity contribution in [1.82, 2.24) is 0 Å². The van der Waals surface area contributed by atoms with Gasteiger partial charge in [-0.1, -0.05) is 0 Å². The summed E-state index contributed by atoms with van der Waals surface area (Å²) in [5, 5.41) is 0. The molecular weight excluding hydrogens is 220 g/mol. The second-order valence-corrected chi connectivity index (χ2v) is 4.21. The summed E-state index contributed by atoms with van der Waals surface area (Å²) in [7, 11) is 1.54. The van der Waals surface area contributed by atoms with Crippen LogP contribution in [-0.4, -0.2) is 19.1 Å². The van der Waals surface area contributed by atoms with Gasteiger partial charge < -0.3 is 20.9 Å². The van der Waals surface area contributed by atoms with Crippen molar-refractivity contribution < 1.29 is 14.3 Å². The van der Waals surface area contributed by atoms with E-state index >= 15 is 0 Å². The van der Waals surface area contributed by atoms with Crippen molar-refractivity contribution in [3.05, 3.63) is 23.3 Å². The van der Waals surface area contributed by atoms with Crippen molar-refractivity contribution in [3.63, 3.8) is 0 Å². The van der Waals surface area contributed by atoms with Crippen LogP contribution in [0.3, 0.4) is 0 Å². The predicted octanol–water partition coefficient (Wildman–Crippen LogP) is 0.504. The highest BCUT2D eigenvalue weighted by molar-refractivity contribution is 5.82. The third kappa shape index (κ3) is 2.06. The van der Waals surface area contributed by atoms with Gasteiger partial charge in [0.15, 0.2) is 0 Å². The van der Waals surface area contributed by atoms with Crippen molar-refractivity contribution in [2.45, 2.75) is 25.5 Å². The van der Waals surface area contributed by atoms with E-state index in [0.29, 0.717) is 11.3 Å². The van der Waals surface area contributed by atoms with Gasteiger partial charge in [0.2, 0.25) is 5.91 Å². The highest BCUT2D eigenvalue weighted by Gasteiger charge is 2.25. The lowest BCUT2D eigenvalue weighted by molar-refractivity contribution is -0.119. The Hall–Kier alpha value is -1.75. The summed E-state index contributed by atoms with van der Waals surface area (Å²) >= 11 is 0. The molecule has 1 amide bonds. The standard InChI is InChI=1S/C12H16N2O3/c1-6-3-7-4-10(16-2)8(5-9(7)17-6)11(13)12(14)15/h4-6,11H,3,13H2,1-2H3,(H2,14,15). The number of nitrogens with two attached hydrogens (primary N) is 2. The molecule has 1 aliphatic heterocycles. The number of rotatable bonds is 3. The average molecular weight is 236 g/mol. The van der Waals surface area contributed by atoms with Crippen LogP contribution in [0.2, 0.25) is 0 Å². The Morgan fingerprint density at radius 1 is 1.59 bits per heavy atom. The second-order valence-electron chi connectivity index (χ2n) is 4.21. The van der Waals surface area contributed by atoms with E-state index < -0.39 is 11.9 Å². The number of carbonyl (C=O) groups excluding carboxylic acids is 1. The lowest BCUT2D eigenvalue weighted by Gasteiger charge is -2.14. The average Bonchev–Trinajstić information content (AvgIpc) is 2.65. The zero-order valence-electron chi connectivity index (χ0n) is 9.90. The molecule has 0 saturated heterocycles. The highest BCUT2D eigenvalue weighted by Crippen LogP contribution is 2.36. The Morgan fingerprint density at radius 3 is 2.88 bits per heavy atom. The molecule has 0 saturated carbocycles. The summed E-state index contributed by atoms with van der Waals surface area (Å²) in [5.74, 6) is 0.743. The fraction of sp³-hybridized carbons (Fsp3) is 0.417. The summed E-state index contributed by atoms with van der Waals surface area (Å²) < 4.78 is 10.8. The van der Waals surface area contributed by atoms with Crippen LogP contribution >= 0.6 is 0 Å². The van der Waals surface area contributed by atoms with Gasteiger partial charge in [0.05, 0.1) is 7.11 Å². The minimum atomic E-state index is -0.880. The fourth-order valence-corrected chi connectivity index (χ4v) is 2.03. The molecule has 0 bridgehead atoms. The van der Waals surface area contributed by atoms with E-state index in [-0.39, 0.29) is 6.10 Å². The first-order valence-electron chi connectivity index (χ1n) is 5.45. The van der Waals surface area contributed by atoms with E-state index in [0.717, 1.165) is 17.7 Å². The van der Waals surface area contributed by atoms with E-state index in [4.69, 9.17) is 20.9 Å². The fourth-order valence-electron chi connectivity index (χ4n) is 2.03. The Kier molecular flexibility index (Phi) is 2.93. The van der Waals surface area contributed by atoms with Gasteiger partial charge in [-0.05, 0) is 19.1 Å². The van der Waals surface area contributed by atoms with E-state index in [9.17, 15) is 4.79 Å². The van der Waals surface area contributed by atoms with Crippen LogP contribution in [0, 0.1) is 0 Å². The molecule has 1 heterocycles. The van der Waals surface area contributed by atoms with Gasteiger partial charge in [0, 0.05) is 17.5 Å². The lowest BCUT2D eigenvalue weighted by Crippen LogP contribution is -2.28. The first-order valence-corrected chi connectivity index (χ1v) is 5.45. The van der Waals surface area contributed by atoms with Crippen molar-refractivity contribution in [1.29, 1.82) is 0 Å². The second kappa shape index (κ2) is 4.25. The maximum atomic E-state index is 11.1. The van der Waals surface area contributed by atoms with Crippen LogP contribution in [0.1, 0.15) is 24.1 Å². The molecule has 0 aliphatic carbocycles. The molecule has 5 heteroatoms. The molecule has 4 N–H and O–H groups in total. The third-order valence-corrected chi connectivity index (χ3v) is 2.89. The zero-order chi connectivity index (χ0) is 12.6. The predicted molar refractivity (Wildman–Crippen MR) is 62.9 cm³/mol. The van der Waals surface area contributed by atoms with Gasteiger partial charge in [-0.25, -0.2) is 0 Å². The van der Waals surface area contributed by atoms with Crippen molar-refractivity contribution in [3.8, 4) is 11.5 Å². The van der Waals surface area contributed by atoms with Gasteiger partial charge >= 0.3 is 0 Å². The first-order chi connectivity index (χ1) is 8.02. The molecule has 0 spiro atoms. The molecule has 17 heavy (non-hydrogen) atoms. The number of hydrogen-bond acceptors (Lipinski definition) is 4. The summed E-state index contributed by atoms with van der Waals surface area (Å²) in [6, 6.07) is 2.72. The molecule has 1 aliphatic rings. The number of methoxy groups -OCH3 is 1. The van der Waals surface area contributed by atoms with Crippen LogP contribution in [0.4, 0.5) is 0 Å². The molecule has 0 fully saturated rings. The minimum Gasteiger partial charge on any atom is -0.496 e. The third-order valence-electron chi connectivity index (χ3n) is 2.89. The van der Waals surface area contributed by atoms with Crippen molar-refractivity contribution >= 4 is 5.91 Å². The maximum absolute atomic E-state index is 11.1. The summed E-state index contributed by atoms with van der Waals surface area (Å²) in [6.45, 7) is 1.99. The Morgan fingerprint density at radius 2 is 2.29 bits per heavy atom. The Balaban J connectivity index is 2.46.